The van der Waals surface area contributed by atoms with E-state index < -0.39 is 6.04 Å². The normalized spacial score (nSPS) is 18.4. The molecule has 1 aliphatic rings. The predicted molar refractivity (Wildman–Crippen MR) is 68.5 cm³/mol. The van der Waals surface area contributed by atoms with E-state index in [9.17, 15) is 9.59 Å². The summed E-state index contributed by atoms with van der Waals surface area (Å²) in [5.41, 5.74) is 2.28. The van der Waals surface area contributed by atoms with Crippen molar-refractivity contribution in [1.29, 1.82) is 0 Å². The first-order valence-electron chi connectivity index (χ1n) is 6.69. The van der Waals surface area contributed by atoms with Crippen LogP contribution in [0.25, 0.3) is 0 Å². The third-order valence-electron chi connectivity index (χ3n) is 3.43. The fraction of sp³-hybridized carbons (Fsp3) is 0.846. The van der Waals surface area contributed by atoms with Crippen LogP contribution >= 0.6 is 0 Å². The Labute approximate surface area is 109 Å². The maximum Gasteiger partial charge on any atom is 0.266 e. The van der Waals surface area contributed by atoms with Gasteiger partial charge in [-0.05, 0) is 18.8 Å². The van der Waals surface area contributed by atoms with Gasteiger partial charge in [-0.25, -0.2) is 5.48 Å². The van der Waals surface area contributed by atoms with E-state index >= 15 is 0 Å². The molecule has 0 aromatic rings. The minimum absolute atomic E-state index is 0.000321. The minimum Gasteiger partial charge on any atom is -0.344 e. The Kier molecular flexibility index (Phi) is 6.12. The van der Waals surface area contributed by atoms with Gasteiger partial charge in [0.15, 0.2) is 0 Å². The molecule has 0 spiro atoms. The van der Waals surface area contributed by atoms with Crippen LogP contribution in [0.5, 0.6) is 0 Å². The third kappa shape index (κ3) is 4.29. The van der Waals surface area contributed by atoms with Gasteiger partial charge < -0.3 is 5.32 Å². The van der Waals surface area contributed by atoms with E-state index in [0.29, 0.717) is 0 Å². The monoisotopic (exact) mass is 256 g/mol. The van der Waals surface area contributed by atoms with Crippen molar-refractivity contribution in [3.8, 4) is 0 Å². The van der Waals surface area contributed by atoms with Gasteiger partial charge in [-0.1, -0.05) is 33.1 Å². The van der Waals surface area contributed by atoms with Crippen molar-refractivity contribution in [2.24, 2.45) is 11.8 Å². The topological polar surface area (TPSA) is 67.4 Å². The summed E-state index contributed by atoms with van der Waals surface area (Å²) in [5.74, 6) is -0.195. The second kappa shape index (κ2) is 7.36. The lowest BCUT2D eigenvalue weighted by Crippen LogP contribution is -2.51. The summed E-state index contributed by atoms with van der Waals surface area (Å²) in [7, 11) is 1.39. The molecule has 0 heterocycles. The molecule has 1 fully saturated rings. The number of carbonyl (C=O) groups excluding carboxylic acids is 2. The molecule has 1 aliphatic carbocycles. The molecule has 2 amide bonds. The highest BCUT2D eigenvalue weighted by Gasteiger charge is 2.28. The molecule has 0 radical (unpaired) electrons. The molecule has 2 N–H and O–H groups in total. The highest BCUT2D eigenvalue weighted by Crippen LogP contribution is 2.24. The zero-order valence-corrected chi connectivity index (χ0v) is 11.5. The van der Waals surface area contributed by atoms with Crippen LogP contribution in [0.15, 0.2) is 0 Å². The minimum atomic E-state index is -0.528. The molecule has 0 aliphatic heterocycles. The Morgan fingerprint density at radius 1 is 1.17 bits per heavy atom. The van der Waals surface area contributed by atoms with Crippen LogP contribution in [0.2, 0.25) is 0 Å². The fourth-order valence-corrected chi connectivity index (χ4v) is 2.33. The molecule has 1 unspecified atom stereocenters. The van der Waals surface area contributed by atoms with Gasteiger partial charge in [0.25, 0.3) is 5.91 Å². The predicted octanol–water partition coefficient (Wildman–Crippen LogP) is 1.39. The van der Waals surface area contributed by atoms with Crippen molar-refractivity contribution in [3.05, 3.63) is 0 Å². The quantitative estimate of drug-likeness (QED) is 0.730. The van der Waals surface area contributed by atoms with Crippen LogP contribution < -0.4 is 10.8 Å². The molecular formula is C13H24N2O3. The van der Waals surface area contributed by atoms with Crippen molar-refractivity contribution < 1.29 is 14.4 Å². The molecule has 18 heavy (non-hydrogen) atoms. The second-order valence-corrected chi connectivity index (χ2v) is 5.24. The van der Waals surface area contributed by atoms with Crippen molar-refractivity contribution in [2.45, 2.75) is 52.0 Å². The molecule has 0 aromatic carbocycles. The summed E-state index contributed by atoms with van der Waals surface area (Å²) in [5, 5.41) is 2.84. The number of amides is 2. The van der Waals surface area contributed by atoms with Crippen LogP contribution in [-0.2, 0) is 14.4 Å². The van der Waals surface area contributed by atoms with Crippen LogP contribution in [0.3, 0.4) is 0 Å². The fourth-order valence-electron chi connectivity index (χ4n) is 2.33. The molecule has 5 heteroatoms. The summed E-state index contributed by atoms with van der Waals surface area (Å²) < 4.78 is 0. The molecule has 0 bridgehead atoms. The lowest BCUT2D eigenvalue weighted by molar-refractivity contribution is -0.138. The SMILES string of the molecule is CONC(=O)C(NC(=O)C1CCCCC1)C(C)C. The van der Waals surface area contributed by atoms with Crippen molar-refractivity contribution in [1.82, 2.24) is 10.8 Å². The molecule has 1 rings (SSSR count). The largest absolute Gasteiger partial charge is 0.344 e. The van der Waals surface area contributed by atoms with Gasteiger partial charge in [0.05, 0.1) is 7.11 Å². The first-order valence-corrected chi connectivity index (χ1v) is 6.69. The Hall–Kier alpha value is -1.10. The number of hydrogen-bond acceptors (Lipinski definition) is 3. The molecular weight excluding hydrogens is 232 g/mol. The molecule has 104 valence electrons. The summed E-state index contributed by atoms with van der Waals surface area (Å²) in [6.45, 7) is 3.81. The molecule has 0 saturated heterocycles. The van der Waals surface area contributed by atoms with Gasteiger partial charge in [0.2, 0.25) is 5.91 Å². The van der Waals surface area contributed by atoms with E-state index in [1.54, 1.807) is 0 Å². The lowest BCUT2D eigenvalue weighted by atomic mass is 9.88. The van der Waals surface area contributed by atoms with Crippen molar-refractivity contribution in [3.63, 3.8) is 0 Å². The van der Waals surface area contributed by atoms with Crippen molar-refractivity contribution in [2.75, 3.05) is 7.11 Å². The smallest absolute Gasteiger partial charge is 0.266 e. The van der Waals surface area contributed by atoms with Gasteiger partial charge in [0.1, 0.15) is 6.04 Å². The van der Waals surface area contributed by atoms with E-state index in [0.717, 1.165) is 25.7 Å². The Morgan fingerprint density at radius 2 is 1.78 bits per heavy atom. The Balaban J connectivity index is 2.54. The summed E-state index contributed by atoms with van der Waals surface area (Å²) >= 11 is 0. The van der Waals surface area contributed by atoms with E-state index in [4.69, 9.17) is 0 Å². The maximum absolute atomic E-state index is 12.1. The first kappa shape index (κ1) is 15.0. The molecule has 5 nitrogen and oxygen atoms in total. The van der Waals surface area contributed by atoms with Gasteiger partial charge in [0, 0.05) is 5.92 Å². The zero-order chi connectivity index (χ0) is 13.5. The summed E-state index contributed by atoms with van der Waals surface area (Å²) in [6, 6.07) is -0.528. The van der Waals surface area contributed by atoms with Crippen LogP contribution in [0.4, 0.5) is 0 Å². The maximum atomic E-state index is 12.1. The average Bonchev–Trinajstić information content (AvgIpc) is 2.36. The number of hydroxylamine groups is 1. The molecule has 0 aromatic heterocycles. The van der Waals surface area contributed by atoms with E-state index in [1.165, 1.54) is 13.5 Å². The molecule has 1 saturated carbocycles. The summed E-state index contributed by atoms with van der Waals surface area (Å²) in [6.07, 6.45) is 5.29. The van der Waals surface area contributed by atoms with E-state index in [2.05, 4.69) is 15.6 Å². The van der Waals surface area contributed by atoms with Gasteiger partial charge >= 0.3 is 0 Å². The lowest BCUT2D eigenvalue weighted by Gasteiger charge is -2.26. The number of nitrogens with one attached hydrogen (secondary N) is 2. The Morgan fingerprint density at radius 3 is 2.28 bits per heavy atom. The van der Waals surface area contributed by atoms with Crippen molar-refractivity contribution >= 4 is 11.8 Å². The highest BCUT2D eigenvalue weighted by molar-refractivity contribution is 5.88. The zero-order valence-electron chi connectivity index (χ0n) is 11.5. The number of rotatable bonds is 5. The number of hydrogen-bond donors (Lipinski definition) is 2. The second-order valence-electron chi connectivity index (χ2n) is 5.24. The van der Waals surface area contributed by atoms with Crippen LogP contribution in [-0.4, -0.2) is 25.0 Å². The highest BCUT2D eigenvalue weighted by atomic mass is 16.6. The summed E-state index contributed by atoms with van der Waals surface area (Å²) in [4.78, 5) is 28.5. The number of carbonyl (C=O) groups is 2. The standard InChI is InChI=1S/C13H24N2O3/c1-9(2)11(13(17)15-18-3)14-12(16)10-7-5-4-6-8-10/h9-11H,4-8H2,1-3H3,(H,14,16)(H,15,17). The van der Waals surface area contributed by atoms with E-state index in [-0.39, 0.29) is 23.7 Å². The Bertz CT molecular complexity index is 286. The first-order chi connectivity index (χ1) is 8.56. The van der Waals surface area contributed by atoms with Gasteiger partial charge in [-0.3, -0.25) is 14.4 Å². The van der Waals surface area contributed by atoms with Gasteiger partial charge in [-0.2, -0.15) is 0 Å². The van der Waals surface area contributed by atoms with Gasteiger partial charge in [-0.15, -0.1) is 0 Å². The third-order valence-corrected chi connectivity index (χ3v) is 3.43. The van der Waals surface area contributed by atoms with Crippen LogP contribution in [0.1, 0.15) is 46.0 Å². The van der Waals surface area contributed by atoms with Crippen LogP contribution in [0, 0.1) is 11.8 Å². The average molecular weight is 256 g/mol. The molecule has 1 atom stereocenters. The van der Waals surface area contributed by atoms with E-state index in [1.807, 2.05) is 13.8 Å².